The summed E-state index contributed by atoms with van der Waals surface area (Å²) in [7, 11) is -4.52. The SMILES string of the molecule is O=c1ccn([C@@H]2CC[C@H](COP(=O)(O)O)O2)c(=O)[nH]1. The van der Waals surface area contributed by atoms with Crippen LogP contribution in [0.15, 0.2) is 21.9 Å². The highest BCUT2D eigenvalue weighted by Crippen LogP contribution is 2.37. The Morgan fingerprint density at radius 1 is 1.47 bits per heavy atom. The van der Waals surface area contributed by atoms with Crippen molar-refractivity contribution in [3.05, 3.63) is 33.1 Å². The Bertz CT molecular complexity index is 603. The lowest BCUT2D eigenvalue weighted by molar-refractivity contribution is -0.0243. The van der Waals surface area contributed by atoms with Gasteiger partial charge < -0.3 is 14.5 Å². The average molecular weight is 292 g/mol. The molecule has 0 saturated carbocycles. The zero-order valence-electron chi connectivity index (χ0n) is 9.76. The Kier molecular flexibility index (Phi) is 4.02. The smallest absolute Gasteiger partial charge is 0.352 e. The normalized spacial score (nSPS) is 23.7. The van der Waals surface area contributed by atoms with Gasteiger partial charge in [-0.05, 0) is 12.8 Å². The maximum atomic E-state index is 11.5. The van der Waals surface area contributed by atoms with E-state index in [9.17, 15) is 14.2 Å². The molecule has 0 bridgehead atoms. The van der Waals surface area contributed by atoms with E-state index in [1.54, 1.807) is 0 Å². The van der Waals surface area contributed by atoms with E-state index in [0.29, 0.717) is 12.8 Å². The molecule has 19 heavy (non-hydrogen) atoms. The van der Waals surface area contributed by atoms with Gasteiger partial charge in [-0.3, -0.25) is 18.9 Å². The third kappa shape index (κ3) is 3.85. The van der Waals surface area contributed by atoms with Gasteiger partial charge in [-0.25, -0.2) is 9.36 Å². The van der Waals surface area contributed by atoms with Crippen LogP contribution in [0.1, 0.15) is 19.1 Å². The number of hydrogen-bond acceptors (Lipinski definition) is 5. The summed E-state index contributed by atoms with van der Waals surface area (Å²) in [5.41, 5.74) is -1.09. The number of nitrogens with one attached hydrogen (secondary N) is 1. The molecule has 1 aromatic heterocycles. The number of H-pyrrole nitrogens is 1. The Morgan fingerprint density at radius 3 is 2.84 bits per heavy atom. The van der Waals surface area contributed by atoms with E-state index in [4.69, 9.17) is 14.5 Å². The molecule has 0 spiro atoms. The summed E-state index contributed by atoms with van der Waals surface area (Å²) in [4.78, 5) is 41.7. The Balaban J connectivity index is 2.00. The van der Waals surface area contributed by atoms with Crippen LogP contribution in [-0.4, -0.2) is 32.0 Å². The van der Waals surface area contributed by atoms with Gasteiger partial charge in [0.2, 0.25) is 0 Å². The number of rotatable bonds is 4. The molecule has 1 fully saturated rings. The van der Waals surface area contributed by atoms with Crippen molar-refractivity contribution >= 4 is 7.82 Å². The quantitative estimate of drug-likeness (QED) is 0.627. The van der Waals surface area contributed by atoms with Gasteiger partial charge in [0.25, 0.3) is 5.56 Å². The van der Waals surface area contributed by atoms with Gasteiger partial charge in [0.05, 0.1) is 12.7 Å². The van der Waals surface area contributed by atoms with Gasteiger partial charge >= 0.3 is 13.5 Å². The molecule has 0 amide bonds. The minimum atomic E-state index is -4.52. The van der Waals surface area contributed by atoms with Crippen molar-refractivity contribution in [2.45, 2.75) is 25.2 Å². The summed E-state index contributed by atoms with van der Waals surface area (Å²) in [6, 6.07) is 1.20. The fourth-order valence-electron chi connectivity index (χ4n) is 1.85. The van der Waals surface area contributed by atoms with Crippen LogP contribution in [0.25, 0.3) is 0 Å². The molecule has 1 aliphatic rings. The van der Waals surface area contributed by atoms with Crippen LogP contribution in [0.5, 0.6) is 0 Å². The second kappa shape index (κ2) is 5.40. The monoisotopic (exact) mass is 292 g/mol. The average Bonchev–Trinajstić information content (AvgIpc) is 2.74. The van der Waals surface area contributed by atoms with Crippen LogP contribution in [0, 0.1) is 0 Å². The first-order chi connectivity index (χ1) is 8.85. The highest BCUT2D eigenvalue weighted by atomic mass is 31.2. The fraction of sp³-hybridized carbons (Fsp3) is 0.556. The van der Waals surface area contributed by atoms with Gasteiger partial charge in [0.15, 0.2) is 0 Å². The van der Waals surface area contributed by atoms with E-state index >= 15 is 0 Å². The minimum absolute atomic E-state index is 0.251. The summed E-state index contributed by atoms with van der Waals surface area (Å²) in [5.74, 6) is 0. The predicted octanol–water partition coefficient (Wildman–Crippen LogP) is -0.677. The van der Waals surface area contributed by atoms with Crippen LogP contribution in [0.3, 0.4) is 0 Å². The lowest BCUT2D eigenvalue weighted by Crippen LogP contribution is -2.31. The van der Waals surface area contributed by atoms with Crippen molar-refractivity contribution in [2.24, 2.45) is 0 Å². The van der Waals surface area contributed by atoms with E-state index in [-0.39, 0.29) is 6.61 Å². The first kappa shape index (κ1) is 14.2. The van der Waals surface area contributed by atoms with Crippen LogP contribution < -0.4 is 11.2 Å². The molecule has 0 aliphatic carbocycles. The number of aromatic amines is 1. The molecule has 3 N–H and O–H groups in total. The molecule has 1 aromatic rings. The van der Waals surface area contributed by atoms with E-state index in [1.165, 1.54) is 16.8 Å². The molecule has 0 unspecified atom stereocenters. The number of nitrogens with zero attached hydrogens (tertiary/aromatic N) is 1. The summed E-state index contributed by atoms with van der Waals surface area (Å²) in [5, 5.41) is 0. The molecule has 0 aromatic carbocycles. The van der Waals surface area contributed by atoms with Crippen molar-refractivity contribution in [3.8, 4) is 0 Å². The Morgan fingerprint density at radius 2 is 2.21 bits per heavy atom. The molecule has 2 rings (SSSR count). The van der Waals surface area contributed by atoms with Crippen LogP contribution in [-0.2, 0) is 13.8 Å². The maximum absolute atomic E-state index is 11.5. The number of hydrogen-bond donors (Lipinski definition) is 3. The van der Waals surface area contributed by atoms with Crippen molar-refractivity contribution in [1.29, 1.82) is 0 Å². The van der Waals surface area contributed by atoms with Gasteiger partial charge in [-0.1, -0.05) is 0 Å². The molecular weight excluding hydrogens is 279 g/mol. The first-order valence-electron chi connectivity index (χ1n) is 5.52. The topological polar surface area (TPSA) is 131 Å². The van der Waals surface area contributed by atoms with E-state index in [1.807, 2.05) is 0 Å². The molecule has 2 heterocycles. The molecule has 1 aliphatic heterocycles. The molecule has 10 heteroatoms. The summed E-state index contributed by atoms with van der Waals surface area (Å²) >= 11 is 0. The zero-order valence-corrected chi connectivity index (χ0v) is 10.7. The number of phosphoric ester groups is 1. The number of aromatic nitrogens is 2. The third-order valence-corrected chi connectivity index (χ3v) is 3.16. The predicted molar refractivity (Wildman–Crippen MR) is 62.5 cm³/mol. The lowest BCUT2D eigenvalue weighted by atomic mass is 10.2. The third-order valence-electron chi connectivity index (χ3n) is 2.68. The molecule has 0 radical (unpaired) electrons. The summed E-state index contributed by atoms with van der Waals surface area (Å²) in [6.45, 7) is -0.251. The van der Waals surface area contributed by atoms with Gasteiger partial charge in [0, 0.05) is 12.3 Å². The molecule has 106 valence electrons. The molecule has 9 nitrogen and oxygen atoms in total. The Labute approximate surface area is 107 Å². The van der Waals surface area contributed by atoms with Crippen LogP contribution >= 0.6 is 7.82 Å². The second-order valence-corrected chi connectivity index (χ2v) is 5.33. The molecule has 2 atom stereocenters. The van der Waals surface area contributed by atoms with Gasteiger partial charge in [-0.2, -0.15) is 0 Å². The summed E-state index contributed by atoms with van der Waals surface area (Å²) in [6.07, 6.45) is 1.22. The highest BCUT2D eigenvalue weighted by Gasteiger charge is 2.29. The maximum Gasteiger partial charge on any atom is 0.469 e. The first-order valence-corrected chi connectivity index (χ1v) is 7.05. The van der Waals surface area contributed by atoms with E-state index < -0.39 is 31.4 Å². The van der Waals surface area contributed by atoms with Crippen LogP contribution in [0.2, 0.25) is 0 Å². The fourth-order valence-corrected chi connectivity index (χ4v) is 2.21. The van der Waals surface area contributed by atoms with Gasteiger partial charge in [0.1, 0.15) is 6.23 Å². The zero-order chi connectivity index (χ0) is 14.0. The molecular formula is C9H13N2O7P. The summed E-state index contributed by atoms with van der Waals surface area (Å²) < 4.78 is 21.6. The van der Waals surface area contributed by atoms with E-state index in [2.05, 4.69) is 9.51 Å². The minimum Gasteiger partial charge on any atom is -0.352 e. The standard InChI is InChI=1S/C9H13N2O7P/c12-7-3-4-11(9(13)10-7)8-2-1-6(18-8)5-17-19(14,15)16/h3-4,6,8H,1-2,5H2,(H,10,12,13)(H2,14,15,16)/t6-,8+/m1/s1. The number of ether oxygens (including phenoxy) is 1. The van der Waals surface area contributed by atoms with E-state index in [0.717, 1.165) is 0 Å². The van der Waals surface area contributed by atoms with Crippen molar-refractivity contribution in [1.82, 2.24) is 9.55 Å². The van der Waals surface area contributed by atoms with Crippen molar-refractivity contribution < 1.29 is 23.6 Å². The lowest BCUT2D eigenvalue weighted by Gasteiger charge is -2.15. The largest absolute Gasteiger partial charge is 0.469 e. The van der Waals surface area contributed by atoms with Crippen molar-refractivity contribution in [3.63, 3.8) is 0 Å². The highest BCUT2D eigenvalue weighted by molar-refractivity contribution is 7.46. The second-order valence-electron chi connectivity index (χ2n) is 4.09. The number of phosphoric acid groups is 1. The van der Waals surface area contributed by atoms with Crippen molar-refractivity contribution in [2.75, 3.05) is 6.61 Å². The van der Waals surface area contributed by atoms with Gasteiger partial charge in [-0.15, -0.1) is 0 Å². The Hall–Kier alpha value is -1.25. The van der Waals surface area contributed by atoms with Crippen LogP contribution in [0.4, 0.5) is 0 Å². The molecule has 1 saturated heterocycles.